The zero-order valence-corrected chi connectivity index (χ0v) is 19.7. The minimum absolute atomic E-state index is 0.184. The average molecular weight is 501 g/mol. The molecule has 1 aromatic carbocycles. The van der Waals surface area contributed by atoms with Crippen molar-refractivity contribution in [2.24, 2.45) is 0 Å². The van der Waals surface area contributed by atoms with Crippen LogP contribution in [0, 0.1) is 0 Å². The third-order valence-corrected chi connectivity index (χ3v) is 6.63. The maximum Gasteiger partial charge on any atom is 0.451 e. The van der Waals surface area contributed by atoms with Gasteiger partial charge in [-0.25, -0.2) is 15.0 Å². The number of amides is 1. The number of fused-ring (bicyclic) bond motifs is 1. The molecule has 1 unspecified atom stereocenters. The number of halogens is 3. The number of benzene rings is 1. The molecule has 1 N–H and O–H groups in total. The Hall–Kier alpha value is -3.31. The molecule has 8 nitrogen and oxygen atoms in total. The molecule has 0 aliphatic carbocycles. The van der Waals surface area contributed by atoms with Crippen LogP contribution < -0.4 is 10.2 Å². The number of hydrogen-bond donors (Lipinski definition) is 1. The third-order valence-electron chi connectivity index (χ3n) is 6.63. The lowest BCUT2D eigenvalue weighted by Gasteiger charge is -2.34. The number of para-hydroxylation sites is 1. The highest BCUT2D eigenvalue weighted by molar-refractivity contribution is 6.07. The summed E-state index contributed by atoms with van der Waals surface area (Å²) in [7, 11) is 0. The summed E-state index contributed by atoms with van der Waals surface area (Å²) >= 11 is 0. The van der Waals surface area contributed by atoms with Gasteiger partial charge in [0, 0.05) is 56.1 Å². The number of hydrogen-bond acceptors (Lipinski definition) is 7. The molecule has 0 bridgehead atoms. The van der Waals surface area contributed by atoms with Crippen LogP contribution in [0.5, 0.6) is 0 Å². The fraction of sp³-hybridized carbons (Fsp3) is 0.440. The van der Waals surface area contributed by atoms with Crippen molar-refractivity contribution in [3.8, 4) is 0 Å². The normalized spacial score (nSPS) is 17.9. The van der Waals surface area contributed by atoms with Gasteiger partial charge in [-0.3, -0.25) is 9.69 Å². The van der Waals surface area contributed by atoms with E-state index in [4.69, 9.17) is 9.72 Å². The molecule has 36 heavy (non-hydrogen) atoms. The second kappa shape index (κ2) is 10.4. The highest BCUT2D eigenvalue weighted by atomic mass is 19.4. The molecule has 11 heteroatoms. The number of nitrogens with zero attached hydrogens (tertiary/aromatic N) is 5. The van der Waals surface area contributed by atoms with Crippen LogP contribution in [0.25, 0.3) is 10.9 Å². The Labute approximate surface area is 206 Å². The zero-order chi connectivity index (χ0) is 25.1. The van der Waals surface area contributed by atoms with E-state index >= 15 is 0 Å². The van der Waals surface area contributed by atoms with E-state index in [1.807, 2.05) is 30.3 Å². The second-order valence-corrected chi connectivity index (χ2v) is 8.95. The summed E-state index contributed by atoms with van der Waals surface area (Å²) in [4.78, 5) is 29.5. The first-order chi connectivity index (χ1) is 17.4. The molecular weight excluding hydrogens is 473 g/mol. The van der Waals surface area contributed by atoms with Gasteiger partial charge in [-0.2, -0.15) is 13.2 Å². The zero-order valence-electron chi connectivity index (χ0n) is 19.7. The van der Waals surface area contributed by atoms with Gasteiger partial charge in [0.15, 0.2) is 0 Å². The number of morpholine rings is 1. The van der Waals surface area contributed by atoms with Gasteiger partial charge < -0.3 is 15.0 Å². The summed E-state index contributed by atoms with van der Waals surface area (Å²) in [5.74, 6) is -0.675. The molecule has 0 radical (unpaired) electrons. The van der Waals surface area contributed by atoms with Gasteiger partial charge >= 0.3 is 6.18 Å². The van der Waals surface area contributed by atoms with Crippen LogP contribution in [0.2, 0.25) is 0 Å². The van der Waals surface area contributed by atoms with Crippen LogP contribution in [-0.4, -0.2) is 71.7 Å². The number of rotatable bonds is 6. The largest absolute Gasteiger partial charge is 0.451 e. The fourth-order valence-electron chi connectivity index (χ4n) is 4.75. The summed E-state index contributed by atoms with van der Waals surface area (Å²) in [6, 6.07) is 8.95. The van der Waals surface area contributed by atoms with Gasteiger partial charge in [0.1, 0.15) is 5.82 Å². The molecule has 2 fully saturated rings. The van der Waals surface area contributed by atoms with Gasteiger partial charge in [0.05, 0.1) is 30.3 Å². The van der Waals surface area contributed by atoms with Crippen molar-refractivity contribution in [2.45, 2.75) is 25.1 Å². The predicted octanol–water partition coefficient (Wildman–Crippen LogP) is 3.45. The maximum absolute atomic E-state index is 13.4. The number of carbonyl (C=O) groups is 1. The third kappa shape index (κ3) is 5.26. The average Bonchev–Trinajstić information content (AvgIpc) is 3.44. The first-order valence-electron chi connectivity index (χ1n) is 12.0. The van der Waals surface area contributed by atoms with Crippen molar-refractivity contribution in [1.29, 1.82) is 0 Å². The molecule has 2 aromatic heterocycles. The molecule has 4 heterocycles. The number of pyridine rings is 1. The van der Waals surface area contributed by atoms with Crippen molar-refractivity contribution >= 4 is 22.6 Å². The maximum atomic E-state index is 13.4. The Kier molecular flexibility index (Phi) is 7.01. The minimum Gasteiger partial charge on any atom is -0.379 e. The van der Waals surface area contributed by atoms with E-state index in [1.165, 1.54) is 12.4 Å². The highest BCUT2D eigenvalue weighted by Gasteiger charge is 2.35. The summed E-state index contributed by atoms with van der Waals surface area (Å²) in [6.45, 7) is 4.15. The number of carbonyl (C=O) groups excluding carboxylic acids is 1. The van der Waals surface area contributed by atoms with Crippen LogP contribution in [-0.2, 0) is 10.9 Å². The fourth-order valence-corrected chi connectivity index (χ4v) is 4.75. The van der Waals surface area contributed by atoms with Crippen molar-refractivity contribution < 1.29 is 22.7 Å². The molecule has 0 saturated carbocycles. The molecule has 1 atom stereocenters. The summed E-state index contributed by atoms with van der Waals surface area (Å²) in [5, 5.41) is 3.75. The molecule has 2 saturated heterocycles. The molecule has 190 valence electrons. The van der Waals surface area contributed by atoms with E-state index in [9.17, 15) is 18.0 Å². The number of anilines is 1. The van der Waals surface area contributed by atoms with E-state index in [2.05, 4.69) is 25.1 Å². The Bertz CT molecular complexity index is 1210. The van der Waals surface area contributed by atoms with Crippen molar-refractivity contribution in [2.75, 3.05) is 50.8 Å². The lowest BCUT2D eigenvalue weighted by atomic mass is 10.1. The first kappa shape index (κ1) is 24.4. The molecule has 2 aliphatic heterocycles. The Balaban J connectivity index is 1.40. The van der Waals surface area contributed by atoms with Crippen LogP contribution in [0.1, 0.15) is 40.6 Å². The summed E-state index contributed by atoms with van der Waals surface area (Å²) < 4.78 is 44.3. The van der Waals surface area contributed by atoms with E-state index in [1.54, 1.807) is 0 Å². The van der Waals surface area contributed by atoms with Crippen molar-refractivity contribution in [3.63, 3.8) is 0 Å². The molecular formula is C25H27F3N6O2. The van der Waals surface area contributed by atoms with Gasteiger partial charge in [-0.05, 0) is 25.0 Å². The second-order valence-electron chi connectivity index (χ2n) is 8.95. The lowest BCUT2D eigenvalue weighted by molar-refractivity contribution is -0.145. The Morgan fingerprint density at radius 1 is 1.06 bits per heavy atom. The smallest absolute Gasteiger partial charge is 0.379 e. The molecule has 1 amide bonds. The van der Waals surface area contributed by atoms with Gasteiger partial charge in [0.25, 0.3) is 5.91 Å². The number of nitrogens with one attached hydrogen (secondary N) is 1. The monoisotopic (exact) mass is 500 g/mol. The summed E-state index contributed by atoms with van der Waals surface area (Å²) in [5.41, 5.74) is 1.77. The van der Waals surface area contributed by atoms with Gasteiger partial charge in [-0.15, -0.1) is 0 Å². The Morgan fingerprint density at radius 2 is 1.75 bits per heavy atom. The molecule has 3 aromatic rings. The lowest BCUT2D eigenvalue weighted by Crippen LogP contribution is -2.44. The molecule has 2 aliphatic rings. The van der Waals surface area contributed by atoms with Crippen LogP contribution >= 0.6 is 0 Å². The molecule has 0 spiro atoms. The summed E-state index contributed by atoms with van der Waals surface area (Å²) in [6.07, 6.45) is -0.0551. The Morgan fingerprint density at radius 3 is 2.44 bits per heavy atom. The number of aromatic nitrogens is 3. The first-order valence-corrected chi connectivity index (χ1v) is 12.0. The predicted molar refractivity (Wildman–Crippen MR) is 128 cm³/mol. The van der Waals surface area contributed by atoms with E-state index < -0.39 is 18.0 Å². The number of alkyl halides is 3. The van der Waals surface area contributed by atoms with Crippen molar-refractivity contribution in [1.82, 2.24) is 25.2 Å². The van der Waals surface area contributed by atoms with Crippen molar-refractivity contribution in [3.05, 3.63) is 59.7 Å². The van der Waals surface area contributed by atoms with Crippen LogP contribution in [0.4, 0.5) is 19.0 Å². The van der Waals surface area contributed by atoms with E-state index in [0.29, 0.717) is 37.4 Å². The standard InChI is InChI=1S/C25H27F3N6O2/c26-25(27,28)24-30-14-17(15-31-24)21(33-9-11-36-12-10-33)16-29-23(35)19-13-22(34-7-3-4-8-34)32-20-6-2-1-5-18(19)20/h1-2,5-6,13-15,21H,3-4,7-12,16H2,(H,29,35). The van der Waals surface area contributed by atoms with Gasteiger partial charge in [0.2, 0.25) is 5.82 Å². The van der Waals surface area contributed by atoms with Crippen LogP contribution in [0.15, 0.2) is 42.7 Å². The topological polar surface area (TPSA) is 83.5 Å². The van der Waals surface area contributed by atoms with Gasteiger partial charge in [-0.1, -0.05) is 18.2 Å². The quantitative estimate of drug-likeness (QED) is 0.555. The SMILES string of the molecule is O=C(NCC(c1cnc(C(F)(F)F)nc1)N1CCOCC1)c1cc(N2CCCC2)nc2ccccc12. The highest BCUT2D eigenvalue weighted by Crippen LogP contribution is 2.28. The van der Waals surface area contributed by atoms with E-state index in [-0.39, 0.29) is 12.5 Å². The number of ether oxygens (including phenoxy) is 1. The van der Waals surface area contributed by atoms with Crippen LogP contribution in [0.3, 0.4) is 0 Å². The van der Waals surface area contributed by atoms with E-state index in [0.717, 1.165) is 42.7 Å². The molecule has 5 rings (SSSR count). The minimum atomic E-state index is -4.61.